The lowest BCUT2D eigenvalue weighted by molar-refractivity contribution is -0.140. The number of aliphatic hydroxyl groups excluding tert-OH is 1. The molecule has 0 aliphatic heterocycles. The number of methoxy groups -OCH3 is 1. The Morgan fingerprint density at radius 1 is 0.875 bits per heavy atom. The molecule has 1 N–H and O–H groups in total. The molecule has 0 bridgehead atoms. The highest BCUT2D eigenvalue weighted by molar-refractivity contribution is 5.87. The molecule has 1 aromatic rings. The van der Waals surface area contributed by atoms with E-state index in [1.165, 1.54) is 12.7 Å². The molecular formula is C25H36O7. The van der Waals surface area contributed by atoms with Gasteiger partial charge in [-0.2, -0.15) is 0 Å². The third-order valence-corrected chi connectivity index (χ3v) is 2.87. The lowest BCUT2D eigenvalue weighted by atomic mass is 10.2. The maximum absolute atomic E-state index is 10.5. The van der Waals surface area contributed by atoms with Crippen LogP contribution in [0.15, 0.2) is 73.4 Å². The predicted octanol–water partition coefficient (Wildman–Crippen LogP) is 4.29. The Bertz CT molecular complexity index is 734. The van der Waals surface area contributed by atoms with Crippen LogP contribution in [0.1, 0.15) is 33.3 Å². The molecule has 0 amide bonds. The van der Waals surface area contributed by atoms with Crippen molar-refractivity contribution in [2.75, 3.05) is 26.9 Å². The average molecular weight is 449 g/mol. The van der Waals surface area contributed by atoms with E-state index in [4.69, 9.17) is 5.11 Å². The molecule has 7 nitrogen and oxygen atoms in total. The van der Waals surface area contributed by atoms with Crippen LogP contribution in [0, 0.1) is 0 Å². The van der Waals surface area contributed by atoms with Gasteiger partial charge in [-0.15, -0.1) is 0 Å². The summed E-state index contributed by atoms with van der Waals surface area (Å²) in [6, 6.07) is 10.0. The molecule has 178 valence electrons. The fourth-order valence-electron chi connectivity index (χ4n) is 1.28. The van der Waals surface area contributed by atoms with E-state index >= 15 is 0 Å². The first-order chi connectivity index (χ1) is 15.0. The van der Waals surface area contributed by atoms with Crippen LogP contribution in [-0.4, -0.2) is 49.9 Å². The van der Waals surface area contributed by atoms with Crippen molar-refractivity contribution in [1.29, 1.82) is 0 Å². The zero-order chi connectivity index (χ0) is 25.5. The second kappa shape index (κ2) is 22.2. The molecule has 0 aromatic heterocycles. The molecule has 0 radical (unpaired) electrons. The van der Waals surface area contributed by atoms with Gasteiger partial charge in [-0.05, 0) is 33.3 Å². The number of hydrogen-bond acceptors (Lipinski definition) is 7. The Kier molecular flexibility index (Phi) is 23.1. The second-order valence-corrected chi connectivity index (χ2v) is 6.03. The van der Waals surface area contributed by atoms with Gasteiger partial charge in [0.05, 0.1) is 20.3 Å². The van der Waals surface area contributed by atoms with Crippen molar-refractivity contribution in [2.45, 2.75) is 27.7 Å². The molecule has 0 saturated carbocycles. The number of benzene rings is 1. The minimum atomic E-state index is -0.455. The summed E-state index contributed by atoms with van der Waals surface area (Å²) in [5, 5.41) is 8.19. The first-order valence-corrected chi connectivity index (χ1v) is 9.65. The lowest BCUT2D eigenvalue weighted by Crippen LogP contribution is -2.08. The quantitative estimate of drug-likeness (QED) is 0.377. The molecule has 0 atom stereocenters. The molecule has 32 heavy (non-hydrogen) atoms. The predicted molar refractivity (Wildman–Crippen MR) is 128 cm³/mol. The van der Waals surface area contributed by atoms with Crippen molar-refractivity contribution in [3.8, 4) is 0 Å². The standard InChI is InChI=1S/C8H8.C6H10O3.C6H10O2.C5H8O2/c1-2-8-6-4-3-5-7-8;1-5(2)6(8)9-4-3-7;1-4-8-6(7)5(2)3;1-4(2)5(6)7-3/h2-7H,1H2;7H,1,3-4H2,2H3;2,4H2,1,3H3;1H2,2-3H3. The number of carbonyl (C=O) groups is 3. The highest BCUT2D eigenvalue weighted by Gasteiger charge is 2.00. The van der Waals surface area contributed by atoms with Crippen LogP contribution in [-0.2, 0) is 28.6 Å². The van der Waals surface area contributed by atoms with Gasteiger partial charge >= 0.3 is 17.9 Å². The summed E-state index contributed by atoms with van der Waals surface area (Å²) in [7, 11) is 1.33. The molecule has 0 fully saturated rings. The van der Waals surface area contributed by atoms with Crippen LogP contribution in [0.3, 0.4) is 0 Å². The van der Waals surface area contributed by atoms with Crippen molar-refractivity contribution in [3.63, 3.8) is 0 Å². The topological polar surface area (TPSA) is 99.1 Å². The molecule has 0 spiro atoms. The Morgan fingerprint density at radius 2 is 1.31 bits per heavy atom. The molecule has 0 heterocycles. The van der Waals surface area contributed by atoms with Gasteiger partial charge in [0.1, 0.15) is 6.61 Å². The van der Waals surface area contributed by atoms with Gasteiger partial charge in [0.2, 0.25) is 0 Å². The van der Waals surface area contributed by atoms with Gasteiger partial charge in [0, 0.05) is 16.7 Å². The number of rotatable bonds is 7. The molecule has 0 aliphatic carbocycles. The Labute approximate surface area is 191 Å². The van der Waals surface area contributed by atoms with E-state index in [9.17, 15) is 14.4 Å². The normalized spacial score (nSPS) is 8.31. The first kappa shape index (κ1) is 33.2. The number of esters is 3. The highest BCUT2D eigenvalue weighted by atomic mass is 16.5. The molecule has 0 saturated heterocycles. The van der Waals surface area contributed by atoms with E-state index in [2.05, 4.69) is 40.5 Å². The summed E-state index contributed by atoms with van der Waals surface area (Å²) in [6.45, 7) is 20.6. The SMILES string of the molecule is C=C(C)C(=O)OC.C=C(C)C(=O)OCC.C=C(C)C(=O)OCCO.C=Cc1ccccc1. The Hall–Kier alpha value is -3.45. The summed E-state index contributed by atoms with van der Waals surface area (Å²) in [5.74, 6) is -1.11. The van der Waals surface area contributed by atoms with Crippen LogP contribution in [0.4, 0.5) is 0 Å². The third kappa shape index (κ3) is 22.8. The van der Waals surface area contributed by atoms with E-state index in [0.717, 1.165) is 0 Å². The fraction of sp³-hybridized carbons (Fsp3) is 0.320. The van der Waals surface area contributed by atoms with Crippen molar-refractivity contribution >= 4 is 24.0 Å². The van der Waals surface area contributed by atoms with Crippen molar-refractivity contribution in [1.82, 2.24) is 0 Å². The van der Waals surface area contributed by atoms with Crippen LogP contribution >= 0.6 is 0 Å². The van der Waals surface area contributed by atoms with Crippen molar-refractivity contribution in [3.05, 3.63) is 78.9 Å². The maximum atomic E-state index is 10.5. The van der Waals surface area contributed by atoms with Gasteiger partial charge in [0.25, 0.3) is 0 Å². The summed E-state index contributed by atoms with van der Waals surface area (Å²) in [5.41, 5.74) is 2.41. The van der Waals surface area contributed by atoms with Gasteiger partial charge in [-0.3, -0.25) is 0 Å². The van der Waals surface area contributed by atoms with Gasteiger partial charge in [0.15, 0.2) is 0 Å². The summed E-state index contributed by atoms with van der Waals surface area (Å²) < 4.78 is 13.3. The van der Waals surface area contributed by atoms with Gasteiger partial charge in [-0.1, -0.05) is 62.7 Å². The largest absolute Gasteiger partial charge is 0.466 e. The van der Waals surface area contributed by atoms with E-state index in [1.807, 2.05) is 36.4 Å². The summed E-state index contributed by atoms with van der Waals surface area (Å²) in [4.78, 5) is 31.1. The number of hydrogen-bond donors (Lipinski definition) is 1. The van der Waals surface area contributed by atoms with E-state index < -0.39 is 5.97 Å². The van der Waals surface area contributed by atoms with Gasteiger partial charge in [-0.25, -0.2) is 14.4 Å². The van der Waals surface area contributed by atoms with Crippen molar-refractivity contribution in [2.24, 2.45) is 0 Å². The smallest absolute Gasteiger partial charge is 0.333 e. The third-order valence-electron chi connectivity index (χ3n) is 2.87. The van der Waals surface area contributed by atoms with Crippen LogP contribution < -0.4 is 0 Å². The number of aliphatic hydroxyl groups is 1. The van der Waals surface area contributed by atoms with Crippen molar-refractivity contribution < 1.29 is 33.7 Å². The first-order valence-electron chi connectivity index (χ1n) is 9.65. The molecule has 1 rings (SSSR count). The average Bonchev–Trinajstić information content (AvgIpc) is 2.78. The van der Waals surface area contributed by atoms with E-state index in [-0.39, 0.29) is 25.2 Å². The zero-order valence-electron chi connectivity index (χ0n) is 19.8. The summed E-state index contributed by atoms with van der Waals surface area (Å²) >= 11 is 0. The molecule has 1 aromatic carbocycles. The van der Waals surface area contributed by atoms with E-state index in [0.29, 0.717) is 23.3 Å². The highest BCUT2D eigenvalue weighted by Crippen LogP contribution is 1.97. The van der Waals surface area contributed by atoms with Crippen LogP contribution in [0.25, 0.3) is 6.08 Å². The zero-order valence-corrected chi connectivity index (χ0v) is 19.8. The summed E-state index contributed by atoms with van der Waals surface area (Å²) in [6.07, 6.45) is 1.83. The van der Waals surface area contributed by atoms with E-state index in [1.54, 1.807) is 27.7 Å². The molecular weight excluding hydrogens is 412 g/mol. The minimum absolute atomic E-state index is 0.0473. The molecule has 0 unspecified atom stereocenters. The lowest BCUT2D eigenvalue weighted by Gasteiger charge is -1.99. The minimum Gasteiger partial charge on any atom is -0.466 e. The Morgan fingerprint density at radius 3 is 1.53 bits per heavy atom. The van der Waals surface area contributed by atoms with Gasteiger partial charge < -0.3 is 19.3 Å². The van der Waals surface area contributed by atoms with Crippen LogP contribution in [0.2, 0.25) is 0 Å². The number of ether oxygens (including phenoxy) is 3. The molecule has 7 heteroatoms. The monoisotopic (exact) mass is 448 g/mol. The maximum Gasteiger partial charge on any atom is 0.333 e. The Balaban J connectivity index is -0.000000352. The molecule has 0 aliphatic rings. The second-order valence-electron chi connectivity index (χ2n) is 6.03. The fourth-order valence-corrected chi connectivity index (χ4v) is 1.28. The van der Waals surface area contributed by atoms with Crippen LogP contribution in [0.5, 0.6) is 0 Å². The number of carbonyl (C=O) groups excluding carboxylic acids is 3.